The van der Waals surface area contributed by atoms with Gasteiger partial charge in [-0.3, -0.25) is 13.9 Å². The van der Waals surface area contributed by atoms with Gasteiger partial charge in [-0.25, -0.2) is 4.79 Å². The zero-order chi connectivity index (χ0) is 18.4. The lowest BCUT2D eigenvalue weighted by molar-refractivity contribution is -0.121. The van der Waals surface area contributed by atoms with Gasteiger partial charge >= 0.3 is 5.69 Å². The van der Waals surface area contributed by atoms with E-state index in [4.69, 9.17) is 0 Å². The fourth-order valence-electron chi connectivity index (χ4n) is 3.84. The van der Waals surface area contributed by atoms with E-state index in [1.807, 2.05) is 24.3 Å². The Hall–Kier alpha value is -1.79. The first kappa shape index (κ1) is 21.5. The van der Waals surface area contributed by atoms with Gasteiger partial charge in [0, 0.05) is 39.1 Å². The van der Waals surface area contributed by atoms with E-state index in [9.17, 15) is 9.59 Å². The molecule has 1 aromatic heterocycles. The van der Waals surface area contributed by atoms with Crippen LogP contribution in [0.3, 0.4) is 0 Å². The molecular formula is C20H31ClN4O2. The number of rotatable bonds is 7. The smallest absolute Gasteiger partial charge is 0.328 e. The Morgan fingerprint density at radius 3 is 2.44 bits per heavy atom. The summed E-state index contributed by atoms with van der Waals surface area (Å²) in [6.07, 6.45) is 8.13. The third kappa shape index (κ3) is 5.59. The second-order valence-electron chi connectivity index (χ2n) is 7.22. The van der Waals surface area contributed by atoms with Crippen molar-refractivity contribution >= 4 is 29.3 Å². The second-order valence-corrected chi connectivity index (χ2v) is 7.22. The van der Waals surface area contributed by atoms with E-state index in [0.717, 1.165) is 17.6 Å². The number of aryl methyl sites for hydroxylation is 2. The molecule has 2 aromatic rings. The Morgan fingerprint density at radius 2 is 1.74 bits per heavy atom. The largest absolute Gasteiger partial charge is 0.355 e. The zero-order valence-corrected chi connectivity index (χ0v) is 16.9. The van der Waals surface area contributed by atoms with Gasteiger partial charge in [0.05, 0.1) is 11.0 Å². The Labute approximate surface area is 166 Å². The number of aromatic nitrogens is 2. The molecule has 1 fully saturated rings. The van der Waals surface area contributed by atoms with E-state index in [0.29, 0.717) is 25.6 Å². The van der Waals surface area contributed by atoms with Gasteiger partial charge in [-0.2, -0.15) is 0 Å². The van der Waals surface area contributed by atoms with Gasteiger partial charge in [0.1, 0.15) is 0 Å². The number of carbonyl (C=O) groups excluding carboxylic acids is 1. The Morgan fingerprint density at radius 1 is 1.07 bits per heavy atom. The molecule has 1 aliphatic carbocycles. The minimum Gasteiger partial charge on any atom is -0.355 e. The van der Waals surface area contributed by atoms with Crippen LogP contribution in [0, 0.1) is 0 Å². The summed E-state index contributed by atoms with van der Waals surface area (Å²) in [6, 6.07) is 8.28. The monoisotopic (exact) mass is 394 g/mol. The van der Waals surface area contributed by atoms with Crippen LogP contribution < -0.4 is 16.3 Å². The molecule has 1 aliphatic rings. The van der Waals surface area contributed by atoms with Crippen LogP contribution in [0.1, 0.15) is 44.9 Å². The summed E-state index contributed by atoms with van der Waals surface area (Å²) in [4.78, 5) is 24.5. The summed E-state index contributed by atoms with van der Waals surface area (Å²) in [6.45, 7) is 1.85. The number of imidazole rings is 1. The molecular weight excluding hydrogens is 364 g/mol. The average Bonchev–Trinajstić information content (AvgIpc) is 2.83. The number of para-hydroxylation sites is 2. The molecule has 6 nitrogen and oxygen atoms in total. The van der Waals surface area contributed by atoms with Crippen LogP contribution in [0.25, 0.3) is 11.0 Å². The van der Waals surface area contributed by atoms with Crippen molar-refractivity contribution in [2.75, 3.05) is 13.1 Å². The topological polar surface area (TPSA) is 68.1 Å². The number of hydrogen-bond donors (Lipinski definition) is 2. The van der Waals surface area contributed by atoms with Crippen molar-refractivity contribution in [3.63, 3.8) is 0 Å². The highest BCUT2D eigenvalue weighted by atomic mass is 35.5. The predicted molar refractivity (Wildman–Crippen MR) is 112 cm³/mol. The molecule has 1 heterocycles. The Bertz CT molecular complexity index is 791. The molecule has 2 N–H and O–H groups in total. The number of nitrogens with one attached hydrogen (secondary N) is 2. The maximum Gasteiger partial charge on any atom is 0.328 e. The van der Waals surface area contributed by atoms with E-state index >= 15 is 0 Å². The number of benzene rings is 1. The molecule has 1 aromatic carbocycles. The number of amides is 1. The maximum absolute atomic E-state index is 12.3. The van der Waals surface area contributed by atoms with E-state index in [1.54, 1.807) is 16.2 Å². The molecule has 7 heteroatoms. The lowest BCUT2D eigenvalue weighted by atomic mass is 10.1. The van der Waals surface area contributed by atoms with Gasteiger partial charge < -0.3 is 10.6 Å². The average molecular weight is 395 g/mol. The lowest BCUT2D eigenvalue weighted by Crippen LogP contribution is -2.37. The minimum atomic E-state index is -0.0750. The highest BCUT2D eigenvalue weighted by Gasteiger charge is 2.12. The van der Waals surface area contributed by atoms with Gasteiger partial charge in [0.2, 0.25) is 5.91 Å². The van der Waals surface area contributed by atoms with Gasteiger partial charge in [0.25, 0.3) is 0 Å². The summed E-state index contributed by atoms with van der Waals surface area (Å²) in [5, 5.41) is 6.51. The van der Waals surface area contributed by atoms with Gasteiger partial charge in [0.15, 0.2) is 0 Å². The number of hydrogen-bond acceptors (Lipinski definition) is 3. The van der Waals surface area contributed by atoms with Crippen LogP contribution in [0.5, 0.6) is 0 Å². The third-order valence-electron chi connectivity index (χ3n) is 5.35. The molecule has 1 amide bonds. The molecule has 0 aliphatic heterocycles. The first-order valence-corrected chi connectivity index (χ1v) is 9.81. The summed E-state index contributed by atoms with van der Waals surface area (Å²) in [7, 11) is 1.76. The molecule has 0 saturated heterocycles. The van der Waals surface area contributed by atoms with Crippen LogP contribution in [-0.2, 0) is 18.4 Å². The van der Waals surface area contributed by atoms with Crippen LogP contribution in [-0.4, -0.2) is 34.2 Å². The molecule has 3 rings (SSSR count). The van der Waals surface area contributed by atoms with Crippen molar-refractivity contribution in [3.8, 4) is 0 Å². The fourth-order valence-corrected chi connectivity index (χ4v) is 3.84. The summed E-state index contributed by atoms with van der Waals surface area (Å²) >= 11 is 0. The Kier molecular flexibility index (Phi) is 8.38. The first-order valence-electron chi connectivity index (χ1n) is 9.81. The quantitative estimate of drug-likeness (QED) is 0.560. The summed E-state index contributed by atoms with van der Waals surface area (Å²) in [5.74, 6) is -0.00694. The number of carbonyl (C=O) groups is 1. The van der Waals surface area contributed by atoms with E-state index in [-0.39, 0.29) is 24.0 Å². The van der Waals surface area contributed by atoms with Crippen molar-refractivity contribution in [1.29, 1.82) is 0 Å². The summed E-state index contributed by atoms with van der Waals surface area (Å²) in [5.41, 5.74) is 1.70. The molecule has 27 heavy (non-hydrogen) atoms. The molecule has 0 spiro atoms. The van der Waals surface area contributed by atoms with Gasteiger partial charge in [-0.05, 0) is 25.0 Å². The highest BCUT2D eigenvalue weighted by molar-refractivity contribution is 5.85. The summed E-state index contributed by atoms with van der Waals surface area (Å²) < 4.78 is 3.31. The number of halogens is 1. The van der Waals surface area contributed by atoms with Crippen molar-refractivity contribution in [3.05, 3.63) is 34.7 Å². The van der Waals surface area contributed by atoms with Crippen molar-refractivity contribution in [1.82, 2.24) is 19.8 Å². The van der Waals surface area contributed by atoms with Crippen molar-refractivity contribution in [2.45, 2.75) is 57.5 Å². The molecule has 1 saturated carbocycles. The van der Waals surface area contributed by atoms with Gasteiger partial charge in [-0.1, -0.05) is 37.8 Å². The van der Waals surface area contributed by atoms with Crippen LogP contribution in [0.4, 0.5) is 0 Å². The Balaban J connectivity index is 0.00000261. The SMILES string of the molecule is Cl.Cn1c(=O)n(CCC(=O)NCCNC2CCCCCC2)c2ccccc21. The molecule has 0 unspecified atom stereocenters. The zero-order valence-electron chi connectivity index (χ0n) is 16.1. The van der Waals surface area contributed by atoms with Crippen LogP contribution in [0.2, 0.25) is 0 Å². The number of fused-ring (bicyclic) bond motifs is 1. The van der Waals surface area contributed by atoms with Crippen LogP contribution in [0.15, 0.2) is 29.1 Å². The van der Waals surface area contributed by atoms with E-state index in [2.05, 4.69) is 10.6 Å². The molecule has 0 radical (unpaired) electrons. The lowest BCUT2D eigenvalue weighted by Gasteiger charge is -2.16. The van der Waals surface area contributed by atoms with E-state index < -0.39 is 0 Å². The standard InChI is InChI=1S/C20H30N4O2.ClH/c1-23-17-10-6-7-11-18(17)24(20(23)26)15-12-19(25)22-14-13-21-16-8-4-2-3-5-9-16;/h6-7,10-11,16,21H,2-5,8-9,12-15H2,1H3,(H,22,25);1H. The highest BCUT2D eigenvalue weighted by Crippen LogP contribution is 2.16. The van der Waals surface area contributed by atoms with Crippen molar-refractivity contribution in [2.24, 2.45) is 7.05 Å². The maximum atomic E-state index is 12.3. The fraction of sp³-hybridized carbons (Fsp3) is 0.600. The third-order valence-corrected chi connectivity index (χ3v) is 5.35. The molecule has 150 valence electrons. The predicted octanol–water partition coefficient (Wildman–Crippen LogP) is 2.58. The first-order chi connectivity index (χ1) is 12.7. The van der Waals surface area contributed by atoms with Crippen molar-refractivity contribution < 1.29 is 4.79 Å². The second kappa shape index (κ2) is 10.5. The normalized spacial score (nSPS) is 15.3. The van der Waals surface area contributed by atoms with Crippen LogP contribution >= 0.6 is 12.4 Å². The van der Waals surface area contributed by atoms with E-state index in [1.165, 1.54) is 38.5 Å². The molecule has 0 atom stereocenters. The molecule has 0 bridgehead atoms. The number of nitrogens with zero attached hydrogens (tertiary/aromatic N) is 2. The minimum absolute atomic E-state index is 0. The van der Waals surface area contributed by atoms with Gasteiger partial charge in [-0.15, -0.1) is 12.4 Å².